The molecule has 0 aliphatic heterocycles. The molecule has 0 atom stereocenters. The van der Waals surface area contributed by atoms with Gasteiger partial charge in [-0.2, -0.15) is 0 Å². The van der Waals surface area contributed by atoms with Crippen LogP contribution in [-0.4, -0.2) is 18.1 Å². The number of methoxy groups -OCH3 is 1. The summed E-state index contributed by atoms with van der Waals surface area (Å²) in [7, 11) is 1.34. The molecule has 0 saturated carbocycles. The van der Waals surface area contributed by atoms with Gasteiger partial charge >= 0.3 is 5.97 Å². The first-order valence-corrected chi connectivity index (χ1v) is 6.02. The third kappa shape index (κ3) is 2.09. The van der Waals surface area contributed by atoms with Crippen LogP contribution in [0.2, 0.25) is 0 Å². The number of aromatic nitrogens is 1. The van der Waals surface area contributed by atoms with E-state index in [0.29, 0.717) is 28.2 Å². The van der Waals surface area contributed by atoms with Crippen molar-refractivity contribution in [2.75, 3.05) is 12.8 Å². The smallest absolute Gasteiger partial charge is 0.337 e. The minimum atomic E-state index is -0.399. The van der Waals surface area contributed by atoms with E-state index in [0.717, 1.165) is 5.56 Å². The van der Waals surface area contributed by atoms with Crippen molar-refractivity contribution < 1.29 is 13.9 Å². The predicted octanol–water partition coefficient (Wildman–Crippen LogP) is 2.86. The van der Waals surface area contributed by atoms with Crippen LogP contribution in [0.15, 0.2) is 46.9 Å². The number of carbonyl (C=O) groups excluding carboxylic acids is 1. The van der Waals surface area contributed by atoms with Crippen molar-refractivity contribution in [1.29, 1.82) is 0 Å². The maximum absolute atomic E-state index is 11.5. The van der Waals surface area contributed by atoms with Crippen molar-refractivity contribution in [3.8, 4) is 11.5 Å². The Labute approximate surface area is 115 Å². The van der Waals surface area contributed by atoms with E-state index >= 15 is 0 Å². The van der Waals surface area contributed by atoms with Gasteiger partial charge in [-0.25, -0.2) is 9.78 Å². The van der Waals surface area contributed by atoms with Crippen molar-refractivity contribution in [2.24, 2.45) is 0 Å². The molecule has 5 heteroatoms. The van der Waals surface area contributed by atoms with E-state index in [1.54, 1.807) is 30.3 Å². The fraction of sp³-hybridized carbons (Fsp3) is 0.0667. The highest BCUT2D eigenvalue weighted by molar-refractivity contribution is 5.93. The molecule has 0 fully saturated rings. The summed E-state index contributed by atoms with van der Waals surface area (Å²) in [5.74, 6) is 0.0888. The molecule has 5 nitrogen and oxygen atoms in total. The summed E-state index contributed by atoms with van der Waals surface area (Å²) in [5, 5.41) is 0. The average Bonchev–Trinajstić information content (AvgIpc) is 2.90. The number of fused-ring (bicyclic) bond motifs is 1. The van der Waals surface area contributed by atoms with Gasteiger partial charge in [-0.1, -0.05) is 0 Å². The number of nitrogen functional groups attached to an aromatic ring is 1. The van der Waals surface area contributed by atoms with Gasteiger partial charge in [0.25, 0.3) is 0 Å². The lowest BCUT2D eigenvalue weighted by Gasteiger charge is -1.96. The molecule has 1 heterocycles. The molecule has 0 radical (unpaired) electrons. The summed E-state index contributed by atoms with van der Waals surface area (Å²) in [6, 6.07) is 12.2. The largest absolute Gasteiger partial charge is 0.465 e. The van der Waals surface area contributed by atoms with Crippen LogP contribution < -0.4 is 5.73 Å². The van der Waals surface area contributed by atoms with Gasteiger partial charge in [-0.3, -0.25) is 0 Å². The topological polar surface area (TPSA) is 78.3 Å². The van der Waals surface area contributed by atoms with Crippen LogP contribution in [0, 0.1) is 0 Å². The molecule has 3 rings (SSSR count). The Morgan fingerprint density at radius 3 is 2.65 bits per heavy atom. The van der Waals surface area contributed by atoms with E-state index in [-0.39, 0.29) is 0 Å². The highest BCUT2D eigenvalue weighted by Crippen LogP contribution is 2.25. The van der Waals surface area contributed by atoms with Gasteiger partial charge < -0.3 is 14.9 Å². The molecule has 0 unspecified atom stereocenters. The van der Waals surface area contributed by atoms with Crippen molar-refractivity contribution in [1.82, 2.24) is 4.98 Å². The van der Waals surface area contributed by atoms with Gasteiger partial charge in [0.15, 0.2) is 5.58 Å². The number of carbonyl (C=O) groups is 1. The Hall–Kier alpha value is -2.82. The van der Waals surface area contributed by atoms with Crippen molar-refractivity contribution in [2.45, 2.75) is 0 Å². The third-order valence-corrected chi connectivity index (χ3v) is 2.97. The molecular weight excluding hydrogens is 256 g/mol. The van der Waals surface area contributed by atoms with Crippen LogP contribution in [0.1, 0.15) is 10.4 Å². The zero-order valence-electron chi connectivity index (χ0n) is 10.8. The molecule has 3 aromatic rings. The first kappa shape index (κ1) is 12.2. The van der Waals surface area contributed by atoms with Crippen molar-refractivity contribution >= 4 is 22.8 Å². The van der Waals surface area contributed by atoms with Gasteiger partial charge in [-0.05, 0) is 42.5 Å². The predicted molar refractivity (Wildman–Crippen MR) is 75.2 cm³/mol. The standard InChI is InChI=1S/C15H12N2O3/c1-19-15(18)10-4-7-13-12(8-10)17-14(20-13)9-2-5-11(16)6-3-9/h2-8H,16H2,1H3. The quantitative estimate of drug-likeness (QED) is 0.571. The van der Waals surface area contributed by atoms with Crippen LogP contribution in [-0.2, 0) is 4.74 Å². The average molecular weight is 268 g/mol. The Morgan fingerprint density at radius 2 is 1.95 bits per heavy atom. The summed E-state index contributed by atoms with van der Waals surface area (Å²) in [5.41, 5.74) is 8.82. The van der Waals surface area contributed by atoms with Crippen LogP contribution in [0.5, 0.6) is 0 Å². The Morgan fingerprint density at radius 1 is 1.20 bits per heavy atom. The Kier molecular flexibility index (Phi) is 2.87. The molecular formula is C15H12N2O3. The summed E-state index contributed by atoms with van der Waals surface area (Å²) < 4.78 is 10.3. The highest BCUT2D eigenvalue weighted by Gasteiger charge is 2.11. The number of nitrogens with two attached hydrogens (primary N) is 1. The van der Waals surface area contributed by atoms with Crippen molar-refractivity contribution in [3.63, 3.8) is 0 Å². The van der Waals surface area contributed by atoms with Gasteiger partial charge in [0, 0.05) is 11.3 Å². The number of hydrogen-bond acceptors (Lipinski definition) is 5. The number of ether oxygens (including phenoxy) is 1. The number of benzene rings is 2. The van der Waals surface area contributed by atoms with E-state index in [2.05, 4.69) is 9.72 Å². The molecule has 0 aliphatic carbocycles. The van der Waals surface area contributed by atoms with Gasteiger partial charge in [-0.15, -0.1) is 0 Å². The van der Waals surface area contributed by atoms with E-state index < -0.39 is 5.97 Å². The maximum atomic E-state index is 11.5. The number of oxazole rings is 1. The number of anilines is 1. The second-order valence-electron chi connectivity index (χ2n) is 4.32. The highest BCUT2D eigenvalue weighted by atomic mass is 16.5. The molecule has 0 spiro atoms. The molecule has 2 N–H and O–H groups in total. The SMILES string of the molecule is COC(=O)c1ccc2oc(-c3ccc(N)cc3)nc2c1. The first-order valence-electron chi connectivity index (χ1n) is 6.02. The van der Waals surface area contributed by atoms with Gasteiger partial charge in [0.1, 0.15) is 5.52 Å². The lowest BCUT2D eigenvalue weighted by Crippen LogP contribution is -2.00. The van der Waals surface area contributed by atoms with E-state index in [9.17, 15) is 4.79 Å². The fourth-order valence-electron chi connectivity index (χ4n) is 1.92. The summed E-state index contributed by atoms with van der Waals surface area (Å²) in [6.07, 6.45) is 0. The van der Waals surface area contributed by atoms with Crippen LogP contribution >= 0.6 is 0 Å². The van der Waals surface area contributed by atoms with Crippen LogP contribution in [0.3, 0.4) is 0 Å². The van der Waals surface area contributed by atoms with Crippen LogP contribution in [0.25, 0.3) is 22.6 Å². The molecule has 0 saturated heterocycles. The second kappa shape index (κ2) is 4.70. The fourth-order valence-corrected chi connectivity index (χ4v) is 1.92. The first-order chi connectivity index (χ1) is 9.67. The summed E-state index contributed by atoms with van der Waals surface area (Å²) in [6.45, 7) is 0. The van der Waals surface area contributed by atoms with Gasteiger partial charge in [0.2, 0.25) is 5.89 Å². The molecule has 0 aliphatic rings. The molecule has 2 aromatic carbocycles. The Balaban J connectivity index is 2.06. The zero-order valence-corrected chi connectivity index (χ0v) is 10.8. The molecule has 100 valence electrons. The zero-order chi connectivity index (χ0) is 14.1. The van der Waals surface area contributed by atoms with Gasteiger partial charge in [0.05, 0.1) is 12.7 Å². The second-order valence-corrected chi connectivity index (χ2v) is 4.32. The number of rotatable bonds is 2. The maximum Gasteiger partial charge on any atom is 0.337 e. The van der Waals surface area contributed by atoms with E-state index in [1.165, 1.54) is 7.11 Å². The minimum Gasteiger partial charge on any atom is -0.465 e. The normalized spacial score (nSPS) is 10.7. The number of nitrogens with zero attached hydrogens (tertiary/aromatic N) is 1. The lowest BCUT2D eigenvalue weighted by atomic mass is 10.2. The molecule has 20 heavy (non-hydrogen) atoms. The lowest BCUT2D eigenvalue weighted by molar-refractivity contribution is 0.0601. The monoisotopic (exact) mass is 268 g/mol. The number of hydrogen-bond donors (Lipinski definition) is 1. The Bertz CT molecular complexity index is 775. The molecule has 0 amide bonds. The number of esters is 1. The van der Waals surface area contributed by atoms with Crippen LogP contribution in [0.4, 0.5) is 5.69 Å². The molecule has 1 aromatic heterocycles. The summed E-state index contributed by atoms with van der Waals surface area (Å²) >= 11 is 0. The van der Waals surface area contributed by atoms with E-state index in [4.69, 9.17) is 10.2 Å². The van der Waals surface area contributed by atoms with Crippen molar-refractivity contribution in [3.05, 3.63) is 48.0 Å². The minimum absolute atomic E-state index is 0.399. The third-order valence-electron chi connectivity index (χ3n) is 2.97. The molecule has 0 bridgehead atoms. The summed E-state index contributed by atoms with van der Waals surface area (Å²) in [4.78, 5) is 15.9. The van der Waals surface area contributed by atoms with E-state index in [1.807, 2.05) is 12.1 Å².